The lowest BCUT2D eigenvalue weighted by Crippen LogP contribution is -2.30. The summed E-state index contributed by atoms with van der Waals surface area (Å²) < 4.78 is 10.9. The van der Waals surface area contributed by atoms with E-state index in [0.717, 1.165) is 27.9 Å². The molecular weight excluding hydrogens is 364 g/mol. The molecule has 0 saturated heterocycles. The van der Waals surface area contributed by atoms with Gasteiger partial charge in [0.2, 0.25) is 6.79 Å². The molecule has 5 heteroatoms. The lowest BCUT2D eigenvalue weighted by Gasteiger charge is -2.23. The number of hydrogen-bond acceptors (Lipinski definition) is 4. The molecule has 0 aliphatic carbocycles. The quantitative estimate of drug-likeness (QED) is 0.508. The van der Waals surface area contributed by atoms with E-state index in [0.29, 0.717) is 17.9 Å². The van der Waals surface area contributed by atoms with Crippen LogP contribution in [0.25, 0.3) is 10.9 Å². The third kappa shape index (κ3) is 3.38. The van der Waals surface area contributed by atoms with Gasteiger partial charge in [-0.05, 0) is 54.1 Å². The molecule has 0 saturated carbocycles. The summed E-state index contributed by atoms with van der Waals surface area (Å²) in [5.74, 6) is 1.37. The maximum Gasteiger partial charge on any atom is 0.258 e. The number of rotatable bonds is 4. The van der Waals surface area contributed by atoms with E-state index in [1.54, 1.807) is 11.1 Å². The standard InChI is InChI=1S/C24H18N2O3/c27-24(19-9-10-21-18(14-19)5-4-12-25-21)26(20-6-2-1-3-7-20)15-17-8-11-22-23(13-17)29-16-28-22/h1-14H,15-16H2. The van der Waals surface area contributed by atoms with Gasteiger partial charge in [0.25, 0.3) is 5.91 Å². The van der Waals surface area contributed by atoms with Gasteiger partial charge in [0.05, 0.1) is 12.1 Å². The number of hydrogen-bond donors (Lipinski definition) is 0. The lowest BCUT2D eigenvalue weighted by atomic mass is 10.1. The van der Waals surface area contributed by atoms with E-state index >= 15 is 0 Å². The summed E-state index contributed by atoms with van der Waals surface area (Å²) in [6, 6.07) is 24.9. The molecule has 5 nitrogen and oxygen atoms in total. The molecule has 4 aromatic rings. The maximum atomic E-state index is 13.5. The smallest absolute Gasteiger partial charge is 0.258 e. The monoisotopic (exact) mass is 382 g/mol. The van der Waals surface area contributed by atoms with Gasteiger partial charge in [-0.25, -0.2) is 0 Å². The lowest BCUT2D eigenvalue weighted by molar-refractivity contribution is 0.0985. The number of fused-ring (bicyclic) bond motifs is 2. The van der Waals surface area contributed by atoms with Gasteiger partial charge in [0.1, 0.15) is 0 Å². The highest BCUT2D eigenvalue weighted by atomic mass is 16.7. The molecule has 0 fully saturated rings. The number of carbonyl (C=O) groups excluding carboxylic acids is 1. The van der Waals surface area contributed by atoms with Gasteiger partial charge < -0.3 is 14.4 Å². The van der Waals surface area contributed by atoms with Crippen molar-refractivity contribution in [3.63, 3.8) is 0 Å². The van der Waals surface area contributed by atoms with E-state index in [4.69, 9.17) is 9.47 Å². The average molecular weight is 382 g/mol. The van der Waals surface area contributed by atoms with Crippen molar-refractivity contribution in [2.24, 2.45) is 0 Å². The van der Waals surface area contributed by atoms with Crippen LogP contribution < -0.4 is 14.4 Å². The number of carbonyl (C=O) groups is 1. The number of anilines is 1. The van der Waals surface area contributed by atoms with Crippen LogP contribution in [0.1, 0.15) is 15.9 Å². The zero-order chi connectivity index (χ0) is 19.6. The van der Waals surface area contributed by atoms with Gasteiger partial charge in [0.15, 0.2) is 11.5 Å². The minimum absolute atomic E-state index is 0.0698. The van der Waals surface area contributed by atoms with E-state index in [1.807, 2.05) is 78.9 Å². The van der Waals surface area contributed by atoms with Crippen molar-refractivity contribution < 1.29 is 14.3 Å². The van der Waals surface area contributed by atoms with E-state index < -0.39 is 0 Å². The molecule has 1 aliphatic rings. The van der Waals surface area contributed by atoms with Gasteiger partial charge in [0, 0.05) is 22.8 Å². The summed E-state index contributed by atoms with van der Waals surface area (Å²) in [5, 5.41) is 0.939. The molecule has 29 heavy (non-hydrogen) atoms. The highest BCUT2D eigenvalue weighted by molar-refractivity contribution is 6.07. The van der Waals surface area contributed by atoms with Crippen molar-refractivity contribution >= 4 is 22.5 Å². The zero-order valence-electron chi connectivity index (χ0n) is 15.6. The Bertz CT molecular complexity index is 1190. The van der Waals surface area contributed by atoms with Crippen LogP contribution in [0.4, 0.5) is 5.69 Å². The van der Waals surface area contributed by atoms with Gasteiger partial charge in [-0.3, -0.25) is 9.78 Å². The van der Waals surface area contributed by atoms with E-state index in [9.17, 15) is 4.79 Å². The number of para-hydroxylation sites is 1. The van der Waals surface area contributed by atoms with Crippen LogP contribution in [-0.4, -0.2) is 17.7 Å². The fourth-order valence-electron chi connectivity index (χ4n) is 3.47. The first-order valence-electron chi connectivity index (χ1n) is 9.38. The Morgan fingerprint density at radius 3 is 2.66 bits per heavy atom. The SMILES string of the molecule is O=C(c1ccc2ncccc2c1)N(Cc1ccc2c(c1)OCO2)c1ccccc1. The van der Waals surface area contributed by atoms with Crippen molar-refractivity contribution in [1.29, 1.82) is 0 Å². The van der Waals surface area contributed by atoms with Crippen molar-refractivity contribution in [3.8, 4) is 11.5 Å². The molecule has 0 unspecified atom stereocenters. The molecule has 0 bridgehead atoms. The number of nitrogens with zero attached hydrogens (tertiary/aromatic N) is 2. The third-order valence-corrected chi connectivity index (χ3v) is 4.94. The number of pyridine rings is 1. The van der Waals surface area contributed by atoms with Gasteiger partial charge in [-0.2, -0.15) is 0 Å². The second-order valence-corrected chi connectivity index (χ2v) is 6.83. The second kappa shape index (κ2) is 7.28. The average Bonchev–Trinajstić information content (AvgIpc) is 3.25. The van der Waals surface area contributed by atoms with Crippen molar-refractivity contribution in [1.82, 2.24) is 4.98 Å². The topological polar surface area (TPSA) is 51.7 Å². The molecule has 0 radical (unpaired) electrons. The summed E-state index contributed by atoms with van der Waals surface area (Å²) in [6.07, 6.45) is 1.75. The number of ether oxygens (including phenoxy) is 2. The summed E-state index contributed by atoms with van der Waals surface area (Å²) in [4.78, 5) is 19.6. The molecule has 1 aromatic heterocycles. The van der Waals surface area contributed by atoms with E-state index in [2.05, 4.69) is 4.98 Å². The molecule has 0 spiro atoms. The molecule has 3 aromatic carbocycles. The summed E-state index contributed by atoms with van der Waals surface area (Å²) >= 11 is 0. The molecule has 1 aliphatic heterocycles. The largest absolute Gasteiger partial charge is 0.454 e. The van der Waals surface area contributed by atoms with Crippen LogP contribution in [-0.2, 0) is 6.54 Å². The molecule has 0 N–H and O–H groups in total. The molecular formula is C24H18N2O3. The Morgan fingerprint density at radius 2 is 1.76 bits per heavy atom. The fraction of sp³-hybridized carbons (Fsp3) is 0.0833. The summed E-state index contributed by atoms with van der Waals surface area (Å²) in [7, 11) is 0. The Balaban J connectivity index is 1.52. The highest BCUT2D eigenvalue weighted by Crippen LogP contribution is 2.33. The van der Waals surface area contributed by atoms with Gasteiger partial charge >= 0.3 is 0 Å². The second-order valence-electron chi connectivity index (χ2n) is 6.83. The highest BCUT2D eigenvalue weighted by Gasteiger charge is 2.20. The van der Waals surface area contributed by atoms with Crippen LogP contribution in [0.3, 0.4) is 0 Å². The Kier molecular flexibility index (Phi) is 4.33. The normalized spacial score (nSPS) is 12.1. The minimum atomic E-state index is -0.0698. The molecule has 1 amide bonds. The predicted octanol–water partition coefficient (Wildman–Crippen LogP) is 4.81. The fourth-order valence-corrected chi connectivity index (χ4v) is 3.47. The van der Waals surface area contributed by atoms with Crippen LogP contribution in [0.5, 0.6) is 11.5 Å². The van der Waals surface area contributed by atoms with Gasteiger partial charge in [-0.1, -0.05) is 30.3 Å². The molecule has 142 valence electrons. The number of amides is 1. The van der Waals surface area contributed by atoms with E-state index in [-0.39, 0.29) is 12.7 Å². The minimum Gasteiger partial charge on any atom is -0.454 e. The van der Waals surface area contributed by atoms with Crippen LogP contribution in [0.2, 0.25) is 0 Å². The zero-order valence-corrected chi connectivity index (χ0v) is 15.6. The molecule has 2 heterocycles. The Labute approximate surface area is 168 Å². The van der Waals surface area contributed by atoms with Crippen LogP contribution in [0.15, 0.2) is 85.1 Å². The number of aromatic nitrogens is 1. The van der Waals surface area contributed by atoms with Crippen molar-refractivity contribution in [3.05, 3.63) is 96.2 Å². The van der Waals surface area contributed by atoms with Crippen LogP contribution in [0, 0.1) is 0 Å². The summed E-state index contributed by atoms with van der Waals surface area (Å²) in [5.41, 5.74) is 3.29. The van der Waals surface area contributed by atoms with Crippen molar-refractivity contribution in [2.75, 3.05) is 11.7 Å². The maximum absolute atomic E-state index is 13.5. The molecule has 0 atom stereocenters. The third-order valence-electron chi connectivity index (χ3n) is 4.94. The first-order valence-corrected chi connectivity index (χ1v) is 9.38. The number of benzene rings is 3. The predicted molar refractivity (Wildman–Crippen MR) is 111 cm³/mol. The Morgan fingerprint density at radius 1 is 0.897 bits per heavy atom. The van der Waals surface area contributed by atoms with Crippen LogP contribution >= 0.6 is 0 Å². The first kappa shape index (κ1) is 17.3. The van der Waals surface area contributed by atoms with Crippen molar-refractivity contribution in [2.45, 2.75) is 6.54 Å². The molecule has 5 rings (SSSR count). The Hall–Kier alpha value is -3.86. The summed E-state index contributed by atoms with van der Waals surface area (Å²) in [6.45, 7) is 0.649. The first-order chi connectivity index (χ1) is 14.3. The van der Waals surface area contributed by atoms with E-state index in [1.165, 1.54) is 0 Å². The van der Waals surface area contributed by atoms with Gasteiger partial charge in [-0.15, -0.1) is 0 Å².